The summed E-state index contributed by atoms with van der Waals surface area (Å²) in [5, 5.41) is 0. The van der Waals surface area contributed by atoms with Gasteiger partial charge in [0.1, 0.15) is 0 Å². The molecule has 0 aliphatic heterocycles. The zero-order chi connectivity index (χ0) is 4.99. The van der Waals surface area contributed by atoms with E-state index in [1.165, 1.54) is 0 Å². The predicted octanol–water partition coefficient (Wildman–Crippen LogP) is 0.402. The Labute approximate surface area is 46.2 Å². The van der Waals surface area contributed by atoms with Gasteiger partial charge >= 0.3 is 6.09 Å². The van der Waals surface area contributed by atoms with Crippen LogP contribution >= 0.6 is 25.7 Å². The first kappa shape index (κ1) is 5.97. The maximum atomic E-state index is 9.69. The van der Waals surface area contributed by atoms with Gasteiger partial charge < -0.3 is 4.18 Å². The molecule has 0 aliphatic rings. The summed E-state index contributed by atoms with van der Waals surface area (Å²) in [6.45, 7) is 0. The first-order chi connectivity index (χ1) is 2.81. The summed E-state index contributed by atoms with van der Waals surface area (Å²) in [5.74, 6) is 0. The lowest BCUT2D eigenvalue weighted by Crippen LogP contribution is -2.08. The molecule has 0 aromatic carbocycles. The molecule has 5 heteroatoms. The van der Waals surface area contributed by atoms with E-state index in [1.807, 2.05) is 4.72 Å². The molecule has 0 spiro atoms. The maximum absolute atomic E-state index is 9.69. The molecule has 0 unspecified atom stereocenters. The highest BCUT2D eigenvalue weighted by Crippen LogP contribution is 1.78. The van der Waals surface area contributed by atoms with Gasteiger partial charge in [-0.15, -0.1) is 0 Å². The van der Waals surface area contributed by atoms with Gasteiger partial charge in [-0.25, -0.2) is 4.79 Å². The minimum atomic E-state index is -0.679. The van der Waals surface area contributed by atoms with Crippen LogP contribution in [0.1, 0.15) is 0 Å². The molecule has 0 saturated heterocycles. The molecule has 0 saturated carbocycles. The lowest BCUT2D eigenvalue weighted by molar-refractivity contribution is 0.216. The average Bonchev–Trinajstić information content (AvgIpc) is 1.65. The molecule has 0 fully saturated rings. The van der Waals surface area contributed by atoms with Gasteiger partial charge in [-0.1, -0.05) is 12.8 Å². The number of hydrogen-bond acceptors (Lipinski definition) is 4. The van der Waals surface area contributed by atoms with Gasteiger partial charge in [-0.2, -0.15) is 0 Å². The molecule has 0 heterocycles. The fraction of sp³-hybridized carbons (Fsp3) is 0. The Morgan fingerprint density at radius 2 is 2.33 bits per heavy atom. The Hall–Kier alpha value is -0.0300. The third kappa shape index (κ3) is 2.22. The molecule has 36 valence electrons. The molecule has 1 N–H and O–H groups in total. The summed E-state index contributed by atoms with van der Waals surface area (Å²) in [4.78, 5) is 9.69. The molecule has 3 nitrogen and oxygen atoms in total. The van der Waals surface area contributed by atoms with E-state index < -0.39 is 6.09 Å². The fourth-order valence-corrected chi connectivity index (χ4v) is 0.184. The van der Waals surface area contributed by atoms with Crippen LogP contribution in [-0.4, -0.2) is 6.09 Å². The number of carbonyl (C=O) groups excluding carboxylic acids is 1. The van der Waals surface area contributed by atoms with E-state index in [2.05, 4.69) is 29.9 Å². The third-order valence-corrected chi connectivity index (χ3v) is 0.523. The van der Waals surface area contributed by atoms with Crippen molar-refractivity contribution in [2.75, 3.05) is 0 Å². The van der Waals surface area contributed by atoms with Gasteiger partial charge in [0.25, 0.3) is 0 Å². The Kier molecular flexibility index (Phi) is 3.16. The molecule has 0 radical (unpaired) electrons. The number of amides is 1. The molecule has 0 rings (SSSR count). The van der Waals surface area contributed by atoms with Gasteiger partial charge in [0.15, 0.2) is 0 Å². The van der Waals surface area contributed by atoms with E-state index in [-0.39, 0.29) is 0 Å². The van der Waals surface area contributed by atoms with Crippen LogP contribution < -0.4 is 4.72 Å². The zero-order valence-corrected chi connectivity index (χ0v) is 4.50. The minimum Gasteiger partial charge on any atom is -0.378 e. The topological polar surface area (TPSA) is 38.3 Å². The summed E-state index contributed by atoms with van der Waals surface area (Å²) in [7, 11) is 0. The average molecular weight is 125 g/mol. The van der Waals surface area contributed by atoms with Crippen molar-refractivity contribution in [2.24, 2.45) is 0 Å². The summed E-state index contributed by atoms with van der Waals surface area (Å²) in [5.41, 5.74) is 0. The first-order valence-corrected chi connectivity index (χ1v) is 1.88. The van der Waals surface area contributed by atoms with E-state index in [1.54, 1.807) is 0 Å². The molecule has 0 aromatic rings. The monoisotopic (exact) mass is 125 g/mol. The summed E-state index contributed by atoms with van der Waals surface area (Å²) < 4.78 is 5.64. The van der Waals surface area contributed by atoms with Crippen LogP contribution in [0, 0.1) is 0 Å². The van der Waals surface area contributed by atoms with Gasteiger partial charge in [-0.3, -0.25) is 4.72 Å². The van der Waals surface area contributed by atoms with Crippen molar-refractivity contribution in [3.63, 3.8) is 0 Å². The number of hydrogen-bond donors (Lipinski definition) is 3. The minimum absolute atomic E-state index is 0.679. The molecule has 0 aliphatic carbocycles. The molecule has 1 amide bonds. The van der Waals surface area contributed by atoms with Crippen LogP contribution in [0.2, 0.25) is 0 Å². The van der Waals surface area contributed by atoms with E-state index in [0.717, 1.165) is 0 Å². The van der Waals surface area contributed by atoms with Crippen molar-refractivity contribution < 1.29 is 8.98 Å². The van der Waals surface area contributed by atoms with Gasteiger partial charge in [-0.05, 0) is 0 Å². The van der Waals surface area contributed by atoms with Gasteiger partial charge in [0, 0.05) is 12.9 Å². The molecular formula is CH3NO2S2. The second-order valence-electron chi connectivity index (χ2n) is 0.491. The first-order valence-electron chi connectivity index (χ1n) is 1.06. The Balaban J connectivity index is 2.99. The lowest BCUT2D eigenvalue weighted by atomic mass is 11.3. The Morgan fingerprint density at radius 3 is 2.33 bits per heavy atom. The molecule has 0 bridgehead atoms. The van der Waals surface area contributed by atoms with Crippen molar-refractivity contribution >= 4 is 31.8 Å². The Morgan fingerprint density at radius 1 is 1.83 bits per heavy atom. The quantitative estimate of drug-likeness (QED) is 0.324. The highest BCUT2D eigenvalue weighted by atomic mass is 32.1. The number of carbonyl (C=O) groups is 1. The van der Waals surface area contributed by atoms with Crippen LogP contribution in [0.5, 0.6) is 0 Å². The Bertz CT molecular complexity index is 49.5. The van der Waals surface area contributed by atoms with Crippen LogP contribution in [0.25, 0.3) is 0 Å². The van der Waals surface area contributed by atoms with Crippen molar-refractivity contribution in [1.29, 1.82) is 0 Å². The highest BCUT2D eigenvalue weighted by Gasteiger charge is 1.87. The smallest absolute Gasteiger partial charge is 0.378 e. The molecular weight excluding hydrogens is 122 g/mol. The summed E-state index contributed by atoms with van der Waals surface area (Å²) in [6.07, 6.45) is -0.679. The van der Waals surface area contributed by atoms with E-state index in [0.29, 0.717) is 0 Å². The zero-order valence-electron chi connectivity index (χ0n) is 2.71. The highest BCUT2D eigenvalue weighted by molar-refractivity contribution is 7.79. The number of rotatable bonds is 0. The van der Waals surface area contributed by atoms with Crippen LogP contribution in [0.15, 0.2) is 0 Å². The summed E-state index contributed by atoms with van der Waals surface area (Å²) >= 11 is 6.46. The van der Waals surface area contributed by atoms with Crippen molar-refractivity contribution in [3.05, 3.63) is 0 Å². The largest absolute Gasteiger partial charge is 0.428 e. The second kappa shape index (κ2) is 3.17. The van der Waals surface area contributed by atoms with Crippen molar-refractivity contribution in [3.8, 4) is 0 Å². The van der Waals surface area contributed by atoms with E-state index in [4.69, 9.17) is 0 Å². The van der Waals surface area contributed by atoms with Crippen LogP contribution in [-0.2, 0) is 4.18 Å². The van der Waals surface area contributed by atoms with E-state index >= 15 is 0 Å². The van der Waals surface area contributed by atoms with Crippen molar-refractivity contribution in [1.82, 2.24) is 4.72 Å². The number of thiol groups is 2. The normalized spacial score (nSPS) is 7.00. The second-order valence-corrected chi connectivity index (χ2v) is 0.897. The molecule has 6 heavy (non-hydrogen) atoms. The third-order valence-electron chi connectivity index (χ3n) is 0.174. The lowest BCUT2D eigenvalue weighted by Gasteiger charge is -1.87. The van der Waals surface area contributed by atoms with Gasteiger partial charge in [0.2, 0.25) is 0 Å². The summed E-state index contributed by atoms with van der Waals surface area (Å²) in [6, 6.07) is 0. The maximum Gasteiger partial charge on any atom is 0.428 e. The van der Waals surface area contributed by atoms with Crippen LogP contribution in [0.4, 0.5) is 4.79 Å². The fourth-order valence-electron chi connectivity index (χ4n) is 0.0204. The SMILES string of the molecule is O=C(NS)OS. The van der Waals surface area contributed by atoms with Crippen LogP contribution in [0.3, 0.4) is 0 Å². The number of nitrogens with one attached hydrogen (secondary N) is 1. The molecule has 0 aromatic heterocycles. The predicted molar refractivity (Wildman–Crippen MR) is 27.6 cm³/mol. The van der Waals surface area contributed by atoms with Gasteiger partial charge in [0.05, 0.1) is 0 Å². The van der Waals surface area contributed by atoms with E-state index in [9.17, 15) is 4.79 Å². The standard InChI is InChI=1S/CH3NO2S2/c3-1(2-5)4-6/h5-6H,(H,2,3). The molecule has 0 atom stereocenters. The van der Waals surface area contributed by atoms with Crippen molar-refractivity contribution in [2.45, 2.75) is 0 Å².